The predicted molar refractivity (Wildman–Crippen MR) is 131 cm³/mol. The second kappa shape index (κ2) is 8.46. The van der Waals surface area contributed by atoms with E-state index in [1.54, 1.807) is 18.6 Å². The zero-order valence-corrected chi connectivity index (χ0v) is 19.8. The molecule has 0 fully saturated rings. The number of thiazole rings is 1. The Hall–Kier alpha value is -3.49. The average Bonchev–Trinajstić information content (AvgIpc) is 3.46. The van der Waals surface area contributed by atoms with Crippen molar-refractivity contribution in [2.75, 3.05) is 14.2 Å². The third-order valence-electron chi connectivity index (χ3n) is 5.66. The first-order valence-corrected chi connectivity index (χ1v) is 11.9. The Balaban J connectivity index is 1.76. The summed E-state index contributed by atoms with van der Waals surface area (Å²) in [5, 5.41) is 3.89. The summed E-state index contributed by atoms with van der Waals surface area (Å²) in [7, 11) is 2.99. The highest BCUT2D eigenvalue weighted by Crippen LogP contribution is 2.33. The highest BCUT2D eigenvalue weighted by atomic mass is 32.1. The maximum absolute atomic E-state index is 13.6. The van der Waals surface area contributed by atoms with E-state index in [0.29, 0.717) is 20.6 Å². The maximum atomic E-state index is 13.6. The van der Waals surface area contributed by atoms with E-state index >= 15 is 0 Å². The fourth-order valence-electron chi connectivity index (χ4n) is 4.15. The van der Waals surface area contributed by atoms with Gasteiger partial charge in [-0.1, -0.05) is 47.7 Å². The quantitative estimate of drug-likeness (QED) is 0.422. The van der Waals surface area contributed by atoms with Gasteiger partial charge in [0.25, 0.3) is 5.56 Å². The van der Waals surface area contributed by atoms with E-state index in [0.717, 1.165) is 27.0 Å². The van der Waals surface area contributed by atoms with Crippen molar-refractivity contribution in [3.8, 4) is 5.75 Å². The van der Waals surface area contributed by atoms with E-state index in [4.69, 9.17) is 9.47 Å². The van der Waals surface area contributed by atoms with Gasteiger partial charge in [0.05, 0.1) is 30.0 Å². The number of ether oxygens (including phenoxy) is 2. The topological polar surface area (TPSA) is 69.9 Å². The number of rotatable bonds is 4. The summed E-state index contributed by atoms with van der Waals surface area (Å²) < 4.78 is 12.7. The van der Waals surface area contributed by atoms with Crippen LogP contribution in [0.2, 0.25) is 0 Å². The Kier molecular flexibility index (Phi) is 5.47. The second-order valence-corrected chi connectivity index (χ2v) is 9.48. The first-order chi connectivity index (χ1) is 16.0. The second-order valence-electron chi connectivity index (χ2n) is 7.49. The predicted octanol–water partition coefficient (Wildman–Crippen LogP) is 3.63. The molecule has 3 heterocycles. The number of hydrogen-bond donors (Lipinski definition) is 0. The third kappa shape index (κ3) is 3.51. The first kappa shape index (κ1) is 21.4. The van der Waals surface area contributed by atoms with Crippen molar-refractivity contribution in [3.63, 3.8) is 0 Å². The van der Waals surface area contributed by atoms with Gasteiger partial charge in [-0.2, -0.15) is 0 Å². The zero-order valence-electron chi connectivity index (χ0n) is 18.2. The summed E-state index contributed by atoms with van der Waals surface area (Å²) in [6.07, 6.45) is 1.88. The highest BCUT2D eigenvalue weighted by Gasteiger charge is 2.33. The normalized spacial score (nSPS) is 16.0. The molecule has 1 atom stereocenters. The van der Waals surface area contributed by atoms with E-state index in [1.807, 2.05) is 60.0 Å². The van der Waals surface area contributed by atoms with Gasteiger partial charge in [0.1, 0.15) is 11.8 Å². The number of allylic oxidation sites excluding steroid dienone is 1. The molecule has 4 aromatic rings. The minimum atomic E-state index is -0.566. The van der Waals surface area contributed by atoms with Crippen LogP contribution in [0.25, 0.3) is 16.8 Å². The van der Waals surface area contributed by atoms with Gasteiger partial charge in [-0.05, 0) is 41.5 Å². The van der Waals surface area contributed by atoms with Gasteiger partial charge in [-0.25, -0.2) is 9.79 Å². The summed E-state index contributed by atoms with van der Waals surface area (Å²) in [6.45, 7) is 1.78. The number of benzene rings is 2. The monoisotopic (exact) mass is 476 g/mol. The van der Waals surface area contributed by atoms with Crippen LogP contribution in [-0.2, 0) is 9.53 Å². The average molecular weight is 477 g/mol. The molecule has 2 aromatic heterocycles. The molecule has 0 N–H and O–H groups in total. The number of fused-ring (bicyclic) bond motifs is 2. The number of thiophene rings is 1. The molecule has 0 saturated carbocycles. The minimum absolute atomic E-state index is 0.189. The number of methoxy groups -OCH3 is 2. The Labute approximate surface area is 197 Å². The van der Waals surface area contributed by atoms with Crippen LogP contribution in [0, 0.1) is 0 Å². The lowest BCUT2D eigenvalue weighted by Crippen LogP contribution is -2.39. The van der Waals surface area contributed by atoms with Crippen LogP contribution in [0.4, 0.5) is 0 Å². The van der Waals surface area contributed by atoms with Gasteiger partial charge in [-0.3, -0.25) is 9.36 Å². The summed E-state index contributed by atoms with van der Waals surface area (Å²) >= 11 is 2.81. The molecule has 0 bridgehead atoms. The number of aromatic nitrogens is 1. The van der Waals surface area contributed by atoms with Crippen LogP contribution in [0.15, 0.2) is 75.0 Å². The van der Waals surface area contributed by atoms with Crippen LogP contribution in [0.3, 0.4) is 0 Å². The van der Waals surface area contributed by atoms with Crippen molar-refractivity contribution in [3.05, 3.63) is 95.3 Å². The van der Waals surface area contributed by atoms with Crippen molar-refractivity contribution >= 4 is 45.5 Å². The molecule has 33 heavy (non-hydrogen) atoms. The van der Waals surface area contributed by atoms with E-state index in [1.165, 1.54) is 29.8 Å². The van der Waals surface area contributed by atoms with Gasteiger partial charge >= 0.3 is 5.97 Å². The lowest BCUT2D eigenvalue weighted by Gasteiger charge is -2.22. The van der Waals surface area contributed by atoms with E-state index < -0.39 is 12.0 Å². The molecule has 5 rings (SSSR count). The molecular formula is C25H20N2O4S2. The van der Waals surface area contributed by atoms with Gasteiger partial charge in [0.2, 0.25) is 0 Å². The third-order valence-corrected chi connectivity index (χ3v) is 7.57. The Morgan fingerprint density at radius 2 is 1.88 bits per heavy atom. The number of nitrogens with zero attached hydrogens (tertiary/aromatic N) is 2. The maximum Gasteiger partial charge on any atom is 0.338 e. The summed E-state index contributed by atoms with van der Waals surface area (Å²) in [5.41, 5.74) is 1.66. The molecule has 1 aliphatic heterocycles. The zero-order chi connectivity index (χ0) is 23.1. The van der Waals surface area contributed by atoms with E-state index in [2.05, 4.69) is 4.99 Å². The van der Waals surface area contributed by atoms with Crippen molar-refractivity contribution in [2.24, 2.45) is 4.99 Å². The van der Waals surface area contributed by atoms with Crippen molar-refractivity contribution in [1.29, 1.82) is 0 Å². The fourth-order valence-corrected chi connectivity index (χ4v) is 6.01. The van der Waals surface area contributed by atoms with Gasteiger partial charge < -0.3 is 9.47 Å². The first-order valence-electron chi connectivity index (χ1n) is 10.2. The highest BCUT2D eigenvalue weighted by molar-refractivity contribution is 7.10. The SMILES string of the molecule is COC(=O)C1=C(C)N=c2s/c(=C\c3ccc(OC)c4ccccc34)c(=O)n2[C@H]1c1cccs1. The lowest BCUT2D eigenvalue weighted by atomic mass is 10.0. The number of carbonyl (C=O) groups is 1. The van der Waals surface area contributed by atoms with Gasteiger partial charge in [0.15, 0.2) is 4.80 Å². The number of esters is 1. The molecule has 0 amide bonds. The van der Waals surface area contributed by atoms with Crippen LogP contribution < -0.4 is 19.6 Å². The molecule has 0 saturated heterocycles. The van der Waals surface area contributed by atoms with Crippen LogP contribution in [0.5, 0.6) is 5.75 Å². The molecule has 0 spiro atoms. The molecule has 0 aliphatic carbocycles. The molecule has 8 heteroatoms. The molecule has 0 radical (unpaired) electrons. The largest absolute Gasteiger partial charge is 0.496 e. The summed E-state index contributed by atoms with van der Waals surface area (Å²) in [4.78, 5) is 32.3. The van der Waals surface area contributed by atoms with Crippen LogP contribution in [-0.4, -0.2) is 24.8 Å². The summed E-state index contributed by atoms with van der Waals surface area (Å²) in [6, 6.07) is 15.0. The lowest BCUT2D eigenvalue weighted by molar-refractivity contribution is -0.136. The van der Waals surface area contributed by atoms with Crippen molar-refractivity contribution in [1.82, 2.24) is 4.57 Å². The molecular weight excluding hydrogens is 456 g/mol. The van der Waals surface area contributed by atoms with Gasteiger partial charge in [-0.15, -0.1) is 11.3 Å². The van der Waals surface area contributed by atoms with Crippen molar-refractivity contribution < 1.29 is 14.3 Å². The van der Waals surface area contributed by atoms with Gasteiger partial charge in [0, 0.05) is 10.3 Å². The van der Waals surface area contributed by atoms with Crippen molar-refractivity contribution in [2.45, 2.75) is 13.0 Å². The standard InChI is InChI=1S/C25H20N2O4S2/c1-14-21(24(29)31-3)22(19-9-6-12-32-19)27-23(28)20(33-25(27)26-14)13-15-10-11-18(30-2)17-8-5-4-7-16(15)17/h4-13,22H,1-3H3/b20-13-/t22-/m0/s1. The minimum Gasteiger partial charge on any atom is -0.496 e. The number of carbonyl (C=O) groups excluding carboxylic acids is 1. The molecule has 1 aliphatic rings. The Morgan fingerprint density at radius 1 is 1.09 bits per heavy atom. The molecule has 2 aromatic carbocycles. The fraction of sp³-hybridized carbons (Fsp3) is 0.160. The molecule has 166 valence electrons. The van der Waals surface area contributed by atoms with Crippen LogP contribution >= 0.6 is 22.7 Å². The van der Waals surface area contributed by atoms with E-state index in [-0.39, 0.29) is 5.56 Å². The smallest absolute Gasteiger partial charge is 0.338 e. The molecule has 0 unspecified atom stereocenters. The Morgan fingerprint density at radius 3 is 2.58 bits per heavy atom. The number of hydrogen-bond acceptors (Lipinski definition) is 7. The summed E-state index contributed by atoms with van der Waals surface area (Å²) in [5.74, 6) is 0.297. The molecule has 6 nitrogen and oxygen atoms in total. The van der Waals surface area contributed by atoms with E-state index in [9.17, 15) is 9.59 Å². The Bertz CT molecular complexity index is 1590. The van der Waals surface area contributed by atoms with Crippen LogP contribution in [0.1, 0.15) is 23.4 Å².